The molecule has 1 fully saturated rings. The normalized spacial score (nSPS) is 17.2. The maximum absolute atomic E-state index is 12.4. The van der Waals surface area contributed by atoms with E-state index in [2.05, 4.69) is 34.2 Å². The van der Waals surface area contributed by atoms with Gasteiger partial charge in [-0.2, -0.15) is 0 Å². The highest BCUT2D eigenvalue weighted by molar-refractivity contribution is 5.98. The number of aliphatic hydroxyl groups excluding tert-OH is 2. The van der Waals surface area contributed by atoms with E-state index in [9.17, 15) is 19.5 Å². The molecular formula is C28H32N2O5. The van der Waals surface area contributed by atoms with E-state index in [-0.39, 0.29) is 5.78 Å². The third-order valence-electron chi connectivity index (χ3n) is 6.08. The number of aliphatic hydroxyl groups is 2. The SMILES string of the molecule is CC(=O)C[C@H]1CCN(Cc2ccc(C#Cc3ccc(C(=O)N[C@H](C(=O)CO)[C@@H](C)O)cc3)cc2)C1. The van der Waals surface area contributed by atoms with Gasteiger partial charge in [0.25, 0.3) is 5.91 Å². The zero-order valence-corrected chi connectivity index (χ0v) is 20.2. The van der Waals surface area contributed by atoms with E-state index in [1.165, 1.54) is 12.5 Å². The molecule has 1 aliphatic rings. The number of likely N-dealkylation sites (tertiary alicyclic amines) is 1. The number of Topliss-reactive ketones (excluding diaryl/α,β-unsaturated/α-hetero) is 2. The van der Waals surface area contributed by atoms with Crippen LogP contribution in [0.5, 0.6) is 0 Å². The predicted octanol–water partition coefficient (Wildman–Crippen LogP) is 1.93. The van der Waals surface area contributed by atoms with Gasteiger partial charge in [0.15, 0.2) is 5.78 Å². The molecule has 2 aromatic carbocycles. The van der Waals surface area contributed by atoms with Crippen molar-refractivity contribution in [2.45, 2.75) is 45.4 Å². The molecule has 3 atom stereocenters. The molecule has 0 radical (unpaired) electrons. The van der Waals surface area contributed by atoms with Crippen LogP contribution in [-0.4, -0.2) is 64.4 Å². The lowest BCUT2D eigenvalue weighted by atomic mass is 10.0. The summed E-state index contributed by atoms with van der Waals surface area (Å²) in [4.78, 5) is 37.8. The minimum atomic E-state index is -1.16. The molecule has 1 saturated heterocycles. The molecule has 0 aliphatic carbocycles. The Morgan fingerprint density at radius 3 is 2.20 bits per heavy atom. The molecule has 0 unspecified atom stereocenters. The largest absolute Gasteiger partial charge is 0.391 e. The van der Waals surface area contributed by atoms with E-state index >= 15 is 0 Å². The Morgan fingerprint density at radius 2 is 1.66 bits per heavy atom. The number of hydrogen-bond donors (Lipinski definition) is 3. The number of ketones is 2. The van der Waals surface area contributed by atoms with Crippen LogP contribution in [0, 0.1) is 17.8 Å². The van der Waals surface area contributed by atoms with Gasteiger partial charge in [-0.25, -0.2) is 0 Å². The zero-order valence-electron chi connectivity index (χ0n) is 20.2. The average molecular weight is 477 g/mol. The Balaban J connectivity index is 1.55. The van der Waals surface area contributed by atoms with Crippen molar-refractivity contribution in [3.05, 3.63) is 70.8 Å². The molecule has 0 aromatic heterocycles. The maximum atomic E-state index is 12.4. The monoisotopic (exact) mass is 476 g/mol. The molecule has 3 N–H and O–H groups in total. The van der Waals surface area contributed by atoms with E-state index in [0.29, 0.717) is 17.9 Å². The summed E-state index contributed by atoms with van der Waals surface area (Å²) in [5.74, 6) is 5.76. The second kappa shape index (κ2) is 12.4. The smallest absolute Gasteiger partial charge is 0.251 e. The second-order valence-corrected chi connectivity index (χ2v) is 9.14. The van der Waals surface area contributed by atoms with Crippen molar-refractivity contribution < 1.29 is 24.6 Å². The van der Waals surface area contributed by atoms with Crippen LogP contribution in [0.25, 0.3) is 0 Å². The van der Waals surface area contributed by atoms with Crippen molar-refractivity contribution in [2.75, 3.05) is 19.7 Å². The van der Waals surface area contributed by atoms with Crippen molar-refractivity contribution in [3.63, 3.8) is 0 Å². The zero-order chi connectivity index (χ0) is 25.4. The minimum absolute atomic E-state index is 0.261. The van der Waals surface area contributed by atoms with E-state index < -0.39 is 30.4 Å². The van der Waals surface area contributed by atoms with Crippen LogP contribution in [0.3, 0.4) is 0 Å². The molecule has 3 rings (SSSR count). The highest BCUT2D eigenvalue weighted by Crippen LogP contribution is 2.21. The highest BCUT2D eigenvalue weighted by atomic mass is 16.3. The maximum Gasteiger partial charge on any atom is 0.251 e. The molecular weight excluding hydrogens is 444 g/mol. The first-order valence-corrected chi connectivity index (χ1v) is 11.8. The van der Waals surface area contributed by atoms with Gasteiger partial charge in [0.05, 0.1) is 6.10 Å². The van der Waals surface area contributed by atoms with Crippen molar-refractivity contribution in [3.8, 4) is 11.8 Å². The standard InChI is InChI=1S/C28H32N2O5/c1-19(32)15-24-13-14-30(17-24)16-23-7-5-21(6-8-23)3-4-22-9-11-25(12-10-22)28(35)29-27(20(2)33)26(34)18-31/h5-12,20,24,27,31,33H,13-18H2,1-2H3,(H,29,35)/t20-,24-,27+/m1/s1. The number of rotatable bonds is 9. The third kappa shape index (κ3) is 7.86. The van der Waals surface area contributed by atoms with E-state index in [1.807, 2.05) is 12.1 Å². The van der Waals surface area contributed by atoms with Gasteiger partial charge >= 0.3 is 0 Å². The molecule has 0 spiro atoms. The summed E-state index contributed by atoms with van der Waals surface area (Å²) < 4.78 is 0. The summed E-state index contributed by atoms with van der Waals surface area (Å²) >= 11 is 0. The van der Waals surface area contributed by atoms with Gasteiger partial charge in [0, 0.05) is 36.2 Å². The number of benzene rings is 2. The minimum Gasteiger partial charge on any atom is -0.391 e. The molecule has 1 amide bonds. The molecule has 1 aliphatic heterocycles. The molecule has 2 aromatic rings. The van der Waals surface area contributed by atoms with Gasteiger partial charge in [0.1, 0.15) is 18.4 Å². The fourth-order valence-electron chi connectivity index (χ4n) is 4.22. The Bertz CT molecular complexity index is 1100. The summed E-state index contributed by atoms with van der Waals surface area (Å²) in [5, 5.41) is 21.1. The highest BCUT2D eigenvalue weighted by Gasteiger charge is 2.25. The number of amides is 1. The summed E-state index contributed by atoms with van der Waals surface area (Å²) in [6.07, 6.45) is 0.627. The summed E-state index contributed by atoms with van der Waals surface area (Å²) in [6, 6.07) is 13.6. The number of carbonyl (C=O) groups excluding carboxylic acids is 3. The first-order valence-electron chi connectivity index (χ1n) is 11.8. The molecule has 35 heavy (non-hydrogen) atoms. The molecule has 7 heteroatoms. The van der Waals surface area contributed by atoms with Crippen molar-refractivity contribution >= 4 is 17.5 Å². The number of hydrogen-bond acceptors (Lipinski definition) is 6. The molecule has 7 nitrogen and oxygen atoms in total. The van der Waals surface area contributed by atoms with Crippen molar-refractivity contribution in [1.29, 1.82) is 0 Å². The van der Waals surface area contributed by atoms with Gasteiger partial charge in [-0.15, -0.1) is 0 Å². The van der Waals surface area contributed by atoms with Crippen LogP contribution in [0.2, 0.25) is 0 Å². The van der Waals surface area contributed by atoms with Gasteiger partial charge < -0.3 is 20.3 Å². The van der Waals surface area contributed by atoms with Gasteiger partial charge in [-0.05, 0) is 74.7 Å². The van der Waals surface area contributed by atoms with Crippen LogP contribution in [0.1, 0.15) is 53.7 Å². The molecule has 184 valence electrons. The summed E-state index contributed by atoms with van der Waals surface area (Å²) in [6.45, 7) is 5.13. The lowest BCUT2D eigenvalue weighted by molar-refractivity contribution is -0.126. The number of nitrogens with one attached hydrogen (secondary N) is 1. The van der Waals surface area contributed by atoms with Crippen molar-refractivity contribution in [2.24, 2.45) is 5.92 Å². The Hall–Kier alpha value is -3.31. The van der Waals surface area contributed by atoms with E-state index in [4.69, 9.17) is 5.11 Å². The van der Waals surface area contributed by atoms with Gasteiger partial charge in [-0.3, -0.25) is 14.5 Å². The van der Waals surface area contributed by atoms with Crippen LogP contribution in [0.4, 0.5) is 0 Å². The Kier molecular flexibility index (Phi) is 9.32. The summed E-state index contributed by atoms with van der Waals surface area (Å²) in [7, 11) is 0. The third-order valence-corrected chi connectivity index (χ3v) is 6.08. The van der Waals surface area contributed by atoms with Crippen LogP contribution < -0.4 is 5.32 Å². The van der Waals surface area contributed by atoms with Crippen LogP contribution in [0.15, 0.2) is 48.5 Å². The lowest BCUT2D eigenvalue weighted by Gasteiger charge is -2.19. The fourth-order valence-corrected chi connectivity index (χ4v) is 4.22. The Labute approximate surface area is 206 Å². The van der Waals surface area contributed by atoms with Crippen LogP contribution >= 0.6 is 0 Å². The fraction of sp³-hybridized carbons (Fsp3) is 0.393. The first-order chi connectivity index (χ1) is 16.7. The number of nitrogens with zero attached hydrogens (tertiary/aromatic N) is 1. The average Bonchev–Trinajstić information content (AvgIpc) is 3.27. The predicted molar refractivity (Wildman–Crippen MR) is 133 cm³/mol. The second-order valence-electron chi connectivity index (χ2n) is 9.14. The van der Waals surface area contributed by atoms with Crippen LogP contribution in [-0.2, 0) is 16.1 Å². The summed E-state index contributed by atoms with van der Waals surface area (Å²) in [5.41, 5.74) is 3.15. The topological polar surface area (TPSA) is 107 Å². The van der Waals surface area contributed by atoms with Gasteiger partial charge in [0.2, 0.25) is 0 Å². The molecule has 0 bridgehead atoms. The van der Waals surface area contributed by atoms with E-state index in [0.717, 1.165) is 37.2 Å². The molecule has 0 saturated carbocycles. The number of carbonyl (C=O) groups is 3. The lowest BCUT2D eigenvalue weighted by Crippen LogP contribution is -2.48. The molecule has 1 heterocycles. The first kappa shape index (κ1) is 26.3. The van der Waals surface area contributed by atoms with Crippen molar-refractivity contribution in [1.82, 2.24) is 10.2 Å². The Morgan fingerprint density at radius 1 is 1.06 bits per heavy atom. The quantitative estimate of drug-likeness (QED) is 0.478. The van der Waals surface area contributed by atoms with E-state index in [1.54, 1.807) is 31.2 Å². The van der Waals surface area contributed by atoms with Gasteiger partial charge in [-0.1, -0.05) is 24.0 Å².